The van der Waals surface area contributed by atoms with E-state index in [4.69, 9.17) is 0 Å². The van der Waals surface area contributed by atoms with Gasteiger partial charge in [-0.05, 0) is 32.4 Å². The van der Waals surface area contributed by atoms with Crippen LogP contribution in [0, 0.1) is 12.3 Å². The molecule has 27 heavy (non-hydrogen) atoms. The summed E-state index contributed by atoms with van der Waals surface area (Å²) in [5.41, 5.74) is 1.43. The summed E-state index contributed by atoms with van der Waals surface area (Å²) in [5.74, 6) is -1.18. The number of pyridine rings is 1. The Balaban J connectivity index is 1.69. The fourth-order valence-corrected chi connectivity index (χ4v) is 3.47. The van der Waals surface area contributed by atoms with Gasteiger partial charge in [0.15, 0.2) is 5.69 Å². The van der Waals surface area contributed by atoms with Crippen molar-refractivity contribution in [3.8, 4) is 5.69 Å². The van der Waals surface area contributed by atoms with Crippen LogP contribution in [0.25, 0.3) is 16.6 Å². The summed E-state index contributed by atoms with van der Waals surface area (Å²) in [6, 6.07) is 9.56. The second kappa shape index (κ2) is 6.15. The van der Waals surface area contributed by atoms with Crippen LogP contribution in [0.15, 0.2) is 36.5 Å². The summed E-state index contributed by atoms with van der Waals surface area (Å²) in [7, 11) is 0. The molecule has 8 heteroatoms. The van der Waals surface area contributed by atoms with E-state index in [9.17, 15) is 14.7 Å². The summed E-state index contributed by atoms with van der Waals surface area (Å²) in [6.45, 7) is 4.00. The molecule has 0 aliphatic carbocycles. The Labute approximate surface area is 155 Å². The second-order valence-electron chi connectivity index (χ2n) is 7.13. The molecular weight excluding hydrogens is 346 g/mol. The number of carbonyl (C=O) groups is 2. The van der Waals surface area contributed by atoms with Crippen LogP contribution in [-0.2, 0) is 4.79 Å². The molecule has 1 aliphatic heterocycles. The van der Waals surface area contributed by atoms with E-state index in [0.717, 1.165) is 16.6 Å². The van der Waals surface area contributed by atoms with Gasteiger partial charge >= 0.3 is 5.97 Å². The molecule has 0 spiro atoms. The zero-order chi connectivity index (χ0) is 19.2. The van der Waals surface area contributed by atoms with Crippen LogP contribution >= 0.6 is 0 Å². The molecule has 2 aromatic heterocycles. The van der Waals surface area contributed by atoms with Gasteiger partial charge in [-0.2, -0.15) is 0 Å². The first kappa shape index (κ1) is 17.1. The van der Waals surface area contributed by atoms with Crippen molar-refractivity contribution in [2.45, 2.75) is 20.3 Å². The zero-order valence-electron chi connectivity index (χ0n) is 15.1. The molecule has 3 heterocycles. The minimum absolute atomic E-state index is 0.170. The Morgan fingerprint density at radius 2 is 2.00 bits per heavy atom. The summed E-state index contributed by atoms with van der Waals surface area (Å²) in [4.78, 5) is 30.3. The number of fused-ring (bicyclic) bond motifs is 1. The fraction of sp³-hybridized carbons (Fsp3) is 0.316. The number of hydrogen-bond acceptors (Lipinski definition) is 5. The van der Waals surface area contributed by atoms with Crippen LogP contribution in [0.1, 0.15) is 29.5 Å². The molecular formula is C19H19N5O3. The number of carboxylic acids is 1. The standard InChI is InChI=1S/C19H19N5O3/c1-12-15(17(25)23-10-8-19(2,11-23)18(26)27)21-22-24(12)14-7-3-5-13-6-4-9-20-16(13)14/h3-7,9H,8,10-11H2,1-2H3,(H,26,27). The number of likely N-dealkylation sites (tertiary alicyclic amines) is 1. The zero-order valence-corrected chi connectivity index (χ0v) is 15.1. The molecule has 1 unspecified atom stereocenters. The minimum Gasteiger partial charge on any atom is -0.481 e. The first-order valence-electron chi connectivity index (χ1n) is 8.70. The van der Waals surface area contributed by atoms with Crippen molar-refractivity contribution in [1.29, 1.82) is 0 Å². The average molecular weight is 365 g/mol. The number of carboxylic acid groups (broad SMARTS) is 1. The number of carbonyl (C=O) groups excluding carboxylic acids is 1. The number of aliphatic carboxylic acids is 1. The lowest BCUT2D eigenvalue weighted by Gasteiger charge is -2.19. The van der Waals surface area contributed by atoms with Crippen molar-refractivity contribution in [1.82, 2.24) is 24.9 Å². The Morgan fingerprint density at radius 3 is 2.74 bits per heavy atom. The van der Waals surface area contributed by atoms with Gasteiger partial charge in [-0.1, -0.05) is 23.4 Å². The lowest BCUT2D eigenvalue weighted by molar-refractivity contribution is -0.147. The molecule has 1 aromatic carbocycles. The van der Waals surface area contributed by atoms with Gasteiger partial charge < -0.3 is 10.0 Å². The van der Waals surface area contributed by atoms with E-state index in [1.165, 1.54) is 4.90 Å². The molecule has 1 saturated heterocycles. The van der Waals surface area contributed by atoms with E-state index < -0.39 is 11.4 Å². The van der Waals surface area contributed by atoms with Gasteiger partial charge in [0, 0.05) is 24.7 Å². The van der Waals surface area contributed by atoms with Crippen molar-refractivity contribution in [2.24, 2.45) is 5.41 Å². The number of amides is 1. The number of hydrogen-bond donors (Lipinski definition) is 1. The quantitative estimate of drug-likeness (QED) is 0.762. The Morgan fingerprint density at radius 1 is 1.22 bits per heavy atom. The van der Waals surface area contributed by atoms with E-state index in [1.54, 1.807) is 24.7 Å². The molecule has 0 bridgehead atoms. The first-order chi connectivity index (χ1) is 12.9. The van der Waals surface area contributed by atoms with Gasteiger partial charge in [0.05, 0.1) is 22.3 Å². The molecule has 0 radical (unpaired) electrons. The van der Waals surface area contributed by atoms with Gasteiger partial charge in [0.25, 0.3) is 5.91 Å². The van der Waals surface area contributed by atoms with Crippen molar-refractivity contribution < 1.29 is 14.7 Å². The summed E-state index contributed by atoms with van der Waals surface area (Å²) < 4.78 is 1.61. The lowest BCUT2D eigenvalue weighted by Crippen LogP contribution is -2.35. The fourth-order valence-electron chi connectivity index (χ4n) is 3.47. The monoisotopic (exact) mass is 365 g/mol. The van der Waals surface area contributed by atoms with Gasteiger partial charge in [-0.3, -0.25) is 14.6 Å². The van der Waals surface area contributed by atoms with Gasteiger partial charge in [0.1, 0.15) is 0 Å². The number of rotatable bonds is 3. The molecule has 1 fully saturated rings. The van der Waals surface area contributed by atoms with E-state index in [0.29, 0.717) is 18.7 Å². The van der Waals surface area contributed by atoms with Crippen molar-refractivity contribution in [3.63, 3.8) is 0 Å². The van der Waals surface area contributed by atoms with E-state index in [-0.39, 0.29) is 18.1 Å². The van der Waals surface area contributed by atoms with Gasteiger partial charge in [-0.25, -0.2) is 4.68 Å². The molecule has 3 aromatic rings. The van der Waals surface area contributed by atoms with E-state index in [1.807, 2.05) is 30.3 Å². The van der Waals surface area contributed by atoms with Gasteiger partial charge in [0.2, 0.25) is 0 Å². The molecule has 138 valence electrons. The maximum absolute atomic E-state index is 12.9. The maximum Gasteiger partial charge on any atom is 0.311 e. The first-order valence-corrected chi connectivity index (χ1v) is 8.70. The molecule has 1 aliphatic rings. The molecule has 0 saturated carbocycles. The lowest BCUT2D eigenvalue weighted by atomic mass is 9.90. The smallest absolute Gasteiger partial charge is 0.311 e. The molecule has 4 rings (SSSR count). The highest BCUT2D eigenvalue weighted by atomic mass is 16.4. The van der Waals surface area contributed by atoms with E-state index >= 15 is 0 Å². The van der Waals surface area contributed by atoms with Crippen LogP contribution in [0.5, 0.6) is 0 Å². The van der Waals surface area contributed by atoms with Crippen LogP contribution in [0.4, 0.5) is 0 Å². The van der Waals surface area contributed by atoms with Crippen molar-refractivity contribution in [3.05, 3.63) is 47.9 Å². The van der Waals surface area contributed by atoms with Crippen molar-refractivity contribution >= 4 is 22.8 Å². The maximum atomic E-state index is 12.9. The third kappa shape index (κ3) is 2.73. The van der Waals surface area contributed by atoms with Crippen LogP contribution in [0.2, 0.25) is 0 Å². The third-order valence-corrected chi connectivity index (χ3v) is 5.21. The largest absolute Gasteiger partial charge is 0.481 e. The molecule has 8 nitrogen and oxygen atoms in total. The normalized spacial score (nSPS) is 19.6. The highest BCUT2D eigenvalue weighted by Gasteiger charge is 2.43. The summed E-state index contributed by atoms with van der Waals surface area (Å²) in [6.07, 6.45) is 2.13. The minimum atomic E-state index is -0.918. The van der Waals surface area contributed by atoms with Crippen LogP contribution in [0.3, 0.4) is 0 Å². The topological polar surface area (TPSA) is 101 Å². The second-order valence-corrected chi connectivity index (χ2v) is 7.13. The van der Waals surface area contributed by atoms with Crippen LogP contribution < -0.4 is 0 Å². The van der Waals surface area contributed by atoms with E-state index in [2.05, 4.69) is 15.3 Å². The predicted octanol–water partition coefficient (Wildman–Crippen LogP) is 2.06. The Kier molecular flexibility index (Phi) is 3.91. The van der Waals surface area contributed by atoms with Crippen LogP contribution in [-0.4, -0.2) is 55.0 Å². The molecule has 1 N–H and O–H groups in total. The highest BCUT2D eigenvalue weighted by molar-refractivity contribution is 5.94. The van der Waals surface area contributed by atoms with Gasteiger partial charge in [-0.15, -0.1) is 5.10 Å². The predicted molar refractivity (Wildman–Crippen MR) is 97.7 cm³/mol. The summed E-state index contributed by atoms with van der Waals surface area (Å²) in [5, 5.41) is 18.6. The number of benzene rings is 1. The number of para-hydroxylation sites is 1. The highest BCUT2D eigenvalue weighted by Crippen LogP contribution is 2.31. The van der Waals surface area contributed by atoms with Crippen molar-refractivity contribution in [2.75, 3.05) is 13.1 Å². The number of aromatic nitrogens is 4. The Bertz CT molecular complexity index is 1060. The SMILES string of the molecule is Cc1c(C(=O)N2CCC(C)(C(=O)O)C2)nnn1-c1cccc2cccnc12. The molecule has 1 amide bonds. The average Bonchev–Trinajstić information content (AvgIpc) is 3.25. The summed E-state index contributed by atoms with van der Waals surface area (Å²) >= 11 is 0. The molecule has 1 atom stereocenters. The number of nitrogens with zero attached hydrogens (tertiary/aromatic N) is 5. The Hall–Kier alpha value is -3.29. The third-order valence-electron chi connectivity index (χ3n) is 5.21.